The molecule has 3 N–H and O–H groups in total. The molecule has 116 valence electrons. The Bertz CT molecular complexity index is 485. The molecule has 1 aromatic rings. The smallest absolute Gasteiger partial charge is 0.261 e. The van der Waals surface area contributed by atoms with Crippen LogP contribution in [-0.4, -0.2) is 31.2 Å². The minimum atomic E-state index is -0.567. The van der Waals surface area contributed by atoms with Gasteiger partial charge in [0.1, 0.15) is 11.5 Å². The second kappa shape index (κ2) is 6.35. The Hall–Kier alpha value is -1.75. The van der Waals surface area contributed by atoms with Gasteiger partial charge in [0.15, 0.2) is 6.10 Å². The topological polar surface area (TPSA) is 73.6 Å². The summed E-state index contributed by atoms with van der Waals surface area (Å²) in [6, 6.07) is 7.17. The molecule has 5 heteroatoms. The standard InChI is InChI=1S/C16H24N2O3/c1-11(21-14-8-6-13(20-3)7-9-14)15(19)18-16(2,10-17)12-4-5-12/h6-9,11-12H,4-5,10,17H2,1-3H3,(H,18,19). The third kappa shape index (κ3) is 3.88. The van der Waals surface area contributed by atoms with Crippen LogP contribution in [0.3, 0.4) is 0 Å². The first-order chi connectivity index (χ1) is 9.98. The van der Waals surface area contributed by atoms with Gasteiger partial charge in [0.2, 0.25) is 0 Å². The third-order valence-corrected chi connectivity index (χ3v) is 4.05. The lowest BCUT2D eigenvalue weighted by atomic mass is 9.95. The number of amides is 1. The molecular weight excluding hydrogens is 268 g/mol. The van der Waals surface area contributed by atoms with E-state index in [9.17, 15) is 4.79 Å². The molecular formula is C16H24N2O3. The van der Waals surface area contributed by atoms with Crippen molar-refractivity contribution in [1.29, 1.82) is 0 Å². The Kier molecular flexibility index (Phi) is 4.73. The largest absolute Gasteiger partial charge is 0.497 e. The van der Waals surface area contributed by atoms with Crippen molar-refractivity contribution in [3.63, 3.8) is 0 Å². The molecule has 2 atom stereocenters. The highest BCUT2D eigenvalue weighted by Crippen LogP contribution is 2.39. The van der Waals surface area contributed by atoms with Crippen molar-refractivity contribution in [2.24, 2.45) is 11.7 Å². The highest BCUT2D eigenvalue weighted by Gasteiger charge is 2.42. The normalized spacial score (nSPS) is 18.5. The molecule has 1 aliphatic rings. The van der Waals surface area contributed by atoms with Crippen molar-refractivity contribution < 1.29 is 14.3 Å². The van der Waals surface area contributed by atoms with Crippen molar-refractivity contribution in [1.82, 2.24) is 5.32 Å². The summed E-state index contributed by atoms with van der Waals surface area (Å²) in [5.74, 6) is 1.74. The van der Waals surface area contributed by atoms with Gasteiger partial charge in [-0.25, -0.2) is 0 Å². The van der Waals surface area contributed by atoms with Crippen LogP contribution in [0, 0.1) is 5.92 Å². The van der Waals surface area contributed by atoms with Crippen molar-refractivity contribution >= 4 is 5.91 Å². The Balaban J connectivity index is 1.92. The van der Waals surface area contributed by atoms with E-state index >= 15 is 0 Å². The van der Waals surface area contributed by atoms with Crippen molar-refractivity contribution in [2.45, 2.75) is 38.3 Å². The average molecular weight is 292 g/mol. The fourth-order valence-electron chi connectivity index (χ4n) is 2.34. The first-order valence-electron chi connectivity index (χ1n) is 7.31. The molecule has 0 aromatic heterocycles. The minimum Gasteiger partial charge on any atom is -0.497 e. The van der Waals surface area contributed by atoms with Gasteiger partial charge in [0, 0.05) is 6.54 Å². The second-order valence-electron chi connectivity index (χ2n) is 5.82. The van der Waals surface area contributed by atoms with Gasteiger partial charge in [-0.3, -0.25) is 4.79 Å². The lowest BCUT2D eigenvalue weighted by Gasteiger charge is -2.30. The van der Waals surface area contributed by atoms with E-state index in [0.717, 1.165) is 18.6 Å². The molecule has 0 aliphatic heterocycles. The number of nitrogens with one attached hydrogen (secondary N) is 1. The number of benzene rings is 1. The number of hydrogen-bond acceptors (Lipinski definition) is 4. The van der Waals surface area contributed by atoms with Gasteiger partial charge in [0.05, 0.1) is 12.6 Å². The van der Waals surface area contributed by atoms with Crippen LogP contribution >= 0.6 is 0 Å². The Morgan fingerprint density at radius 2 is 1.95 bits per heavy atom. The molecule has 1 fully saturated rings. The summed E-state index contributed by atoms with van der Waals surface area (Å²) >= 11 is 0. The van der Waals surface area contributed by atoms with E-state index in [1.807, 2.05) is 6.92 Å². The fraction of sp³-hybridized carbons (Fsp3) is 0.562. The lowest BCUT2D eigenvalue weighted by Crippen LogP contribution is -2.56. The molecule has 2 rings (SSSR count). The Morgan fingerprint density at radius 3 is 2.43 bits per heavy atom. The van der Waals surface area contributed by atoms with Crippen LogP contribution in [0.5, 0.6) is 11.5 Å². The summed E-state index contributed by atoms with van der Waals surface area (Å²) < 4.78 is 10.7. The lowest BCUT2D eigenvalue weighted by molar-refractivity contribution is -0.129. The monoisotopic (exact) mass is 292 g/mol. The molecule has 1 saturated carbocycles. The van der Waals surface area contributed by atoms with Crippen LogP contribution < -0.4 is 20.5 Å². The van der Waals surface area contributed by atoms with Crippen LogP contribution in [0.2, 0.25) is 0 Å². The Labute approximate surface area is 125 Å². The summed E-state index contributed by atoms with van der Waals surface area (Å²) in [5, 5.41) is 3.03. The fourth-order valence-corrected chi connectivity index (χ4v) is 2.34. The average Bonchev–Trinajstić information content (AvgIpc) is 3.33. The van der Waals surface area contributed by atoms with Crippen molar-refractivity contribution in [2.75, 3.05) is 13.7 Å². The van der Waals surface area contributed by atoms with E-state index in [2.05, 4.69) is 5.32 Å². The quantitative estimate of drug-likeness (QED) is 0.802. The first-order valence-corrected chi connectivity index (χ1v) is 7.31. The minimum absolute atomic E-state index is 0.134. The van der Waals surface area contributed by atoms with Crippen LogP contribution in [0.15, 0.2) is 24.3 Å². The molecule has 0 heterocycles. The van der Waals surface area contributed by atoms with E-state index in [1.54, 1.807) is 38.3 Å². The Morgan fingerprint density at radius 1 is 1.38 bits per heavy atom. The van der Waals surface area contributed by atoms with Gasteiger partial charge in [-0.1, -0.05) is 0 Å². The van der Waals surface area contributed by atoms with Crippen molar-refractivity contribution in [3.8, 4) is 11.5 Å². The molecule has 1 aliphatic carbocycles. The zero-order valence-electron chi connectivity index (χ0n) is 12.9. The van der Waals surface area contributed by atoms with Crippen LogP contribution in [0.1, 0.15) is 26.7 Å². The molecule has 5 nitrogen and oxygen atoms in total. The van der Waals surface area contributed by atoms with E-state index in [4.69, 9.17) is 15.2 Å². The molecule has 0 spiro atoms. The molecule has 0 radical (unpaired) electrons. The summed E-state index contributed by atoms with van der Waals surface area (Å²) in [6.45, 7) is 4.19. The zero-order valence-corrected chi connectivity index (χ0v) is 12.9. The molecule has 1 aromatic carbocycles. The van der Waals surface area contributed by atoms with Crippen LogP contribution in [0.25, 0.3) is 0 Å². The summed E-state index contributed by atoms with van der Waals surface area (Å²) in [4.78, 5) is 12.3. The number of hydrogen-bond donors (Lipinski definition) is 2. The zero-order chi connectivity index (χ0) is 15.5. The molecule has 1 amide bonds. The number of nitrogens with two attached hydrogens (primary N) is 1. The van der Waals surface area contributed by atoms with E-state index in [1.165, 1.54) is 0 Å². The van der Waals surface area contributed by atoms with Gasteiger partial charge >= 0.3 is 0 Å². The van der Waals surface area contributed by atoms with E-state index in [-0.39, 0.29) is 11.4 Å². The maximum absolute atomic E-state index is 12.3. The van der Waals surface area contributed by atoms with E-state index < -0.39 is 6.10 Å². The number of carbonyl (C=O) groups excluding carboxylic acids is 1. The van der Waals surface area contributed by atoms with Gasteiger partial charge in [-0.2, -0.15) is 0 Å². The number of methoxy groups -OCH3 is 1. The predicted molar refractivity (Wildman–Crippen MR) is 81.4 cm³/mol. The van der Waals surface area contributed by atoms with E-state index in [0.29, 0.717) is 18.2 Å². The maximum atomic E-state index is 12.3. The van der Waals surface area contributed by atoms with Gasteiger partial charge in [0.25, 0.3) is 5.91 Å². The molecule has 0 bridgehead atoms. The number of carbonyl (C=O) groups is 1. The summed E-state index contributed by atoms with van der Waals surface area (Å²) in [5.41, 5.74) is 5.49. The highest BCUT2D eigenvalue weighted by molar-refractivity contribution is 5.81. The van der Waals surface area contributed by atoms with Gasteiger partial charge in [-0.15, -0.1) is 0 Å². The maximum Gasteiger partial charge on any atom is 0.261 e. The molecule has 0 saturated heterocycles. The second-order valence-corrected chi connectivity index (χ2v) is 5.82. The van der Waals surface area contributed by atoms with Crippen molar-refractivity contribution in [3.05, 3.63) is 24.3 Å². The SMILES string of the molecule is COc1ccc(OC(C)C(=O)NC(C)(CN)C2CC2)cc1. The third-order valence-electron chi connectivity index (χ3n) is 4.05. The van der Waals surface area contributed by atoms with Crippen LogP contribution in [0.4, 0.5) is 0 Å². The highest BCUT2D eigenvalue weighted by atomic mass is 16.5. The molecule has 2 unspecified atom stereocenters. The van der Waals surface area contributed by atoms with Gasteiger partial charge in [-0.05, 0) is 56.9 Å². The number of ether oxygens (including phenoxy) is 2. The summed E-state index contributed by atoms with van der Waals surface area (Å²) in [7, 11) is 1.61. The predicted octanol–water partition coefficient (Wildman–Crippen LogP) is 1.71. The van der Waals surface area contributed by atoms with Crippen LogP contribution in [-0.2, 0) is 4.79 Å². The molecule has 21 heavy (non-hydrogen) atoms. The number of rotatable bonds is 7. The first kappa shape index (κ1) is 15.6. The summed E-state index contributed by atoms with van der Waals surface area (Å²) in [6.07, 6.45) is 1.69. The van der Waals surface area contributed by atoms with Gasteiger partial charge < -0.3 is 20.5 Å².